The lowest BCUT2D eigenvalue weighted by Gasteiger charge is -2.17. The van der Waals surface area contributed by atoms with Crippen molar-refractivity contribution >= 4 is 34.3 Å². The van der Waals surface area contributed by atoms with Crippen LogP contribution in [-0.4, -0.2) is 49.9 Å². The Bertz CT molecular complexity index is 1480. The fourth-order valence-corrected chi connectivity index (χ4v) is 4.18. The number of alkyl halides is 3. The van der Waals surface area contributed by atoms with Gasteiger partial charge in [0.1, 0.15) is 5.69 Å². The number of rotatable bonds is 4. The number of anilines is 2. The predicted octanol–water partition coefficient (Wildman–Crippen LogP) is 4.89. The van der Waals surface area contributed by atoms with Crippen molar-refractivity contribution in [3.8, 4) is 11.1 Å². The summed E-state index contributed by atoms with van der Waals surface area (Å²) in [5.74, 6) is -1.35. The van der Waals surface area contributed by atoms with Crippen LogP contribution in [0.5, 0.6) is 0 Å². The second kappa shape index (κ2) is 8.95. The molecule has 36 heavy (non-hydrogen) atoms. The Labute approximate surface area is 202 Å². The molecule has 1 saturated heterocycles. The monoisotopic (exact) mass is 496 g/mol. The van der Waals surface area contributed by atoms with Crippen LogP contribution in [0.2, 0.25) is 0 Å². The van der Waals surface area contributed by atoms with E-state index in [1.54, 1.807) is 30.6 Å². The number of aromatic nitrogens is 4. The van der Waals surface area contributed by atoms with Gasteiger partial charge in [-0.25, -0.2) is 9.59 Å². The number of hydrogen-bond donors (Lipinski definition) is 2. The molecule has 0 aliphatic carbocycles. The molecule has 3 aromatic heterocycles. The van der Waals surface area contributed by atoms with Gasteiger partial charge in [-0.05, 0) is 48.7 Å². The van der Waals surface area contributed by atoms with Crippen molar-refractivity contribution in [1.29, 1.82) is 0 Å². The van der Waals surface area contributed by atoms with Crippen LogP contribution in [0, 0.1) is 0 Å². The van der Waals surface area contributed by atoms with Crippen LogP contribution < -0.4 is 10.2 Å². The Hall–Kier alpha value is -4.48. The van der Waals surface area contributed by atoms with Crippen LogP contribution >= 0.6 is 0 Å². The van der Waals surface area contributed by atoms with E-state index in [9.17, 15) is 27.9 Å². The topological polar surface area (TPSA) is 113 Å². The number of nitrogens with one attached hydrogen (secondary N) is 1. The molecule has 1 aliphatic heterocycles. The summed E-state index contributed by atoms with van der Waals surface area (Å²) in [6.07, 6.45) is 1.89. The van der Waals surface area contributed by atoms with Gasteiger partial charge in [0.25, 0.3) is 0 Å². The van der Waals surface area contributed by atoms with Crippen LogP contribution in [0.25, 0.3) is 22.0 Å². The third-order valence-corrected chi connectivity index (χ3v) is 5.90. The van der Waals surface area contributed by atoms with Crippen LogP contribution in [0.15, 0.2) is 55.0 Å². The first-order valence-corrected chi connectivity index (χ1v) is 11.0. The number of nitrogens with zero attached hydrogens (tertiary/aromatic N) is 5. The lowest BCUT2D eigenvalue weighted by molar-refractivity contribution is -0.141. The first-order valence-electron chi connectivity index (χ1n) is 11.0. The second-order valence-electron chi connectivity index (χ2n) is 8.28. The molecular formula is C24H19F3N6O3. The third kappa shape index (κ3) is 4.44. The molecule has 5 rings (SSSR count). The highest BCUT2D eigenvalue weighted by Crippen LogP contribution is 2.31. The summed E-state index contributed by atoms with van der Waals surface area (Å²) >= 11 is 0. The molecule has 1 aromatic carbocycles. The Morgan fingerprint density at radius 3 is 2.50 bits per heavy atom. The van der Waals surface area contributed by atoms with E-state index in [-0.39, 0.29) is 22.3 Å². The highest BCUT2D eigenvalue weighted by molar-refractivity contribution is 6.06. The van der Waals surface area contributed by atoms with Gasteiger partial charge in [0, 0.05) is 42.1 Å². The molecule has 0 unspecified atom stereocenters. The zero-order chi connectivity index (χ0) is 25.4. The number of hydrogen-bond acceptors (Lipinski definition) is 6. The third-order valence-electron chi connectivity index (χ3n) is 5.90. The Morgan fingerprint density at radius 2 is 1.78 bits per heavy atom. The van der Waals surface area contributed by atoms with Gasteiger partial charge >= 0.3 is 18.2 Å². The summed E-state index contributed by atoms with van der Waals surface area (Å²) in [7, 11) is 0. The molecule has 184 valence electrons. The zero-order valence-corrected chi connectivity index (χ0v) is 18.7. The van der Waals surface area contributed by atoms with E-state index < -0.39 is 23.9 Å². The number of pyridine rings is 2. The van der Waals surface area contributed by atoms with Crippen LogP contribution in [-0.2, 0) is 6.18 Å². The number of carbonyl (C=O) groups is 2. The fourth-order valence-electron chi connectivity index (χ4n) is 4.18. The molecule has 0 radical (unpaired) electrons. The average molecular weight is 496 g/mol. The normalized spacial score (nSPS) is 13.8. The van der Waals surface area contributed by atoms with Crippen LogP contribution in [0.1, 0.15) is 29.0 Å². The van der Waals surface area contributed by atoms with Crippen LogP contribution in [0.3, 0.4) is 0 Å². The molecule has 0 spiro atoms. The summed E-state index contributed by atoms with van der Waals surface area (Å²) in [5, 5.41) is 16.1. The molecule has 0 bridgehead atoms. The minimum absolute atomic E-state index is 0.163. The zero-order valence-electron chi connectivity index (χ0n) is 18.7. The summed E-state index contributed by atoms with van der Waals surface area (Å²) in [6.45, 7) is 1.88. The van der Waals surface area contributed by atoms with Crippen molar-refractivity contribution in [2.24, 2.45) is 0 Å². The maximum atomic E-state index is 13.0. The van der Waals surface area contributed by atoms with Crippen molar-refractivity contribution in [3.05, 3.63) is 66.4 Å². The Kier molecular flexibility index (Phi) is 5.78. The number of halogens is 3. The number of amides is 1. The molecule has 1 amide bonds. The van der Waals surface area contributed by atoms with Gasteiger partial charge in [-0.2, -0.15) is 23.0 Å². The molecule has 0 saturated carbocycles. The van der Waals surface area contributed by atoms with Gasteiger partial charge in [0.15, 0.2) is 5.69 Å². The smallest absolute Gasteiger partial charge is 0.433 e. The van der Waals surface area contributed by atoms with Gasteiger partial charge in [-0.1, -0.05) is 6.07 Å². The number of carboxylic acids is 1. The van der Waals surface area contributed by atoms with Gasteiger partial charge in [0.2, 0.25) is 0 Å². The van der Waals surface area contributed by atoms with Crippen molar-refractivity contribution in [3.63, 3.8) is 0 Å². The second-order valence-corrected chi connectivity index (χ2v) is 8.28. The summed E-state index contributed by atoms with van der Waals surface area (Å²) in [5.41, 5.74) is 0.900. The predicted molar refractivity (Wildman–Crippen MR) is 125 cm³/mol. The fraction of sp³-hybridized carbons (Fsp3) is 0.208. The molecule has 12 heteroatoms. The molecule has 1 aliphatic rings. The molecule has 9 nitrogen and oxygen atoms in total. The maximum absolute atomic E-state index is 13.0. The number of benzene rings is 1. The summed E-state index contributed by atoms with van der Waals surface area (Å²) in [6, 6.07) is 7.78. The lowest BCUT2D eigenvalue weighted by Crippen LogP contribution is -2.21. The van der Waals surface area contributed by atoms with Crippen molar-refractivity contribution in [2.45, 2.75) is 19.0 Å². The number of fused-ring (bicyclic) bond motifs is 1. The van der Waals surface area contributed by atoms with E-state index in [0.717, 1.165) is 48.1 Å². The van der Waals surface area contributed by atoms with Gasteiger partial charge < -0.3 is 15.3 Å². The van der Waals surface area contributed by atoms with Crippen LogP contribution in [0.4, 0.5) is 29.3 Å². The Balaban J connectivity index is 1.50. The molecule has 0 atom stereocenters. The Morgan fingerprint density at radius 1 is 1.00 bits per heavy atom. The van der Waals surface area contributed by atoms with Crippen molar-refractivity contribution in [1.82, 2.24) is 19.7 Å². The summed E-state index contributed by atoms with van der Waals surface area (Å²) < 4.78 is 39.7. The van der Waals surface area contributed by atoms with E-state index >= 15 is 0 Å². The largest absolute Gasteiger partial charge is 0.476 e. The van der Waals surface area contributed by atoms with Gasteiger partial charge in [-0.15, -0.1) is 0 Å². The molecule has 4 aromatic rings. The van der Waals surface area contributed by atoms with Crippen molar-refractivity contribution < 1.29 is 27.9 Å². The minimum Gasteiger partial charge on any atom is -0.476 e. The molecule has 1 fully saturated rings. The first-order chi connectivity index (χ1) is 17.2. The standard InChI is InChI=1S/C24H19F3N6O3/c25-24(26,27)20-11-16(5-6-29-20)30-23(36)33-19-4-3-14(10-18(19)21(31-33)22(34)35)15-9-17(13-28-12-15)32-7-1-2-8-32/h3-6,9-13H,1-2,7-8H2,(H,34,35)(H,29,30,36). The van der Waals surface area contributed by atoms with E-state index in [2.05, 4.69) is 25.3 Å². The number of aromatic carboxylic acids is 1. The van der Waals surface area contributed by atoms with E-state index in [0.29, 0.717) is 11.6 Å². The highest BCUT2D eigenvalue weighted by atomic mass is 19.4. The highest BCUT2D eigenvalue weighted by Gasteiger charge is 2.32. The maximum Gasteiger partial charge on any atom is 0.433 e. The molecule has 2 N–H and O–H groups in total. The molecular weight excluding hydrogens is 477 g/mol. The number of carboxylic acid groups (broad SMARTS) is 1. The van der Waals surface area contributed by atoms with Crippen molar-refractivity contribution in [2.75, 3.05) is 23.3 Å². The van der Waals surface area contributed by atoms with E-state index in [1.807, 2.05) is 6.07 Å². The SMILES string of the molecule is O=C(O)c1nn(C(=O)Nc2ccnc(C(F)(F)F)c2)c2ccc(-c3cncc(N4CCCC4)c3)cc12. The lowest BCUT2D eigenvalue weighted by atomic mass is 10.0. The molecule has 4 heterocycles. The summed E-state index contributed by atoms with van der Waals surface area (Å²) in [4.78, 5) is 34.5. The van der Waals surface area contributed by atoms with E-state index in [4.69, 9.17) is 0 Å². The minimum atomic E-state index is -4.69. The number of carbonyl (C=O) groups excluding carboxylic acids is 1. The van der Waals surface area contributed by atoms with E-state index in [1.165, 1.54) is 6.07 Å². The quantitative estimate of drug-likeness (QED) is 0.414. The first kappa shape index (κ1) is 23.3. The average Bonchev–Trinajstić information content (AvgIpc) is 3.52. The van der Waals surface area contributed by atoms with Gasteiger partial charge in [0.05, 0.1) is 17.4 Å². The van der Waals surface area contributed by atoms with Gasteiger partial charge in [-0.3, -0.25) is 9.97 Å².